The normalized spacial score (nSPS) is 10.7. The van der Waals surface area contributed by atoms with E-state index in [0.717, 1.165) is 54.7 Å². The first-order chi connectivity index (χ1) is 13.6. The molecule has 0 unspecified atom stereocenters. The SMILES string of the molecule is CN=C(NCCc1ccc(C)c(OC)c1)NCCc1ccc(OC)c(OC)c1.I. The Morgan fingerprint density at radius 2 is 1.31 bits per heavy atom. The van der Waals surface area contributed by atoms with Crippen LogP contribution in [0.25, 0.3) is 0 Å². The summed E-state index contributed by atoms with van der Waals surface area (Å²) in [6.07, 6.45) is 1.75. The van der Waals surface area contributed by atoms with E-state index in [9.17, 15) is 0 Å². The third-order valence-corrected chi connectivity index (χ3v) is 4.56. The van der Waals surface area contributed by atoms with Crippen molar-refractivity contribution in [3.63, 3.8) is 0 Å². The molecule has 0 spiro atoms. The van der Waals surface area contributed by atoms with Crippen LogP contribution in [0.4, 0.5) is 0 Å². The van der Waals surface area contributed by atoms with E-state index in [2.05, 4.69) is 33.8 Å². The minimum absolute atomic E-state index is 0. The third kappa shape index (κ3) is 7.64. The Morgan fingerprint density at radius 3 is 1.83 bits per heavy atom. The highest BCUT2D eigenvalue weighted by Gasteiger charge is 2.05. The molecule has 0 fully saturated rings. The Morgan fingerprint density at radius 1 is 0.793 bits per heavy atom. The zero-order valence-electron chi connectivity index (χ0n) is 17.9. The number of guanidine groups is 1. The maximum Gasteiger partial charge on any atom is 0.190 e. The van der Waals surface area contributed by atoms with E-state index < -0.39 is 0 Å². The summed E-state index contributed by atoms with van der Waals surface area (Å²) in [5, 5.41) is 6.69. The lowest BCUT2D eigenvalue weighted by atomic mass is 10.1. The van der Waals surface area contributed by atoms with Crippen molar-refractivity contribution in [2.24, 2.45) is 4.99 Å². The number of hydrogen-bond donors (Lipinski definition) is 2. The highest BCUT2D eigenvalue weighted by molar-refractivity contribution is 14.0. The molecular weight excluding hydrogens is 481 g/mol. The van der Waals surface area contributed by atoms with Crippen LogP contribution < -0.4 is 24.8 Å². The van der Waals surface area contributed by atoms with Gasteiger partial charge in [-0.1, -0.05) is 18.2 Å². The van der Waals surface area contributed by atoms with Crippen LogP contribution in [0.3, 0.4) is 0 Å². The van der Waals surface area contributed by atoms with Crippen LogP contribution in [0, 0.1) is 6.92 Å². The molecule has 0 saturated heterocycles. The number of halogens is 1. The van der Waals surface area contributed by atoms with E-state index in [1.807, 2.05) is 25.1 Å². The second-order valence-corrected chi connectivity index (χ2v) is 6.42. The summed E-state index contributed by atoms with van der Waals surface area (Å²) in [5.41, 5.74) is 3.55. The van der Waals surface area contributed by atoms with E-state index in [-0.39, 0.29) is 24.0 Å². The van der Waals surface area contributed by atoms with E-state index in [1.54, 1.807) is 28.4 Å². The first-order valence-electron chi connectivity index (χ1n) is 9.40. The van der Waals surface area contributed by atoms with Gasteiger partial charge in [0.2, 0.25) is 0 Å². The Hall–Kier alpha value is -2.16. The number of nitrogens with zero attached hydrogens (tertiary/aromatic N) is 1. The molecule has 0 atom stereocenters. The number of methoxy groups -OCH3 is 3. The summed E-state index contributed by atoms with van der Waals surface area (Å²) in [6.45, 7) is 3.61. The molecule has 0 aliphatic rings. The molecule has 0 aliphatic carbocycles. The Balaban J connectivity index is 0.00000420. The van der Waals surface area contributed by atoms with Gasteiger partial charge in [-0.2, -0.15) is 0 Å². The molecule has 2 N–H and O–H groups in total. The number of aryl methyl sites for hydroxylation is 1. The van der Waals surface area contributed by atoms with Crippen LogP contribution in [0.1, 0.15) is 16.7 Å². The van der Waals surface area contributed by atoms with E-state index in [1.165, 1.54) is 11.1 Å². The van der Waals surface area contributed by atoms with Gasteiger partial charge in [0, 0.05) is 20.1 Å². The van der Waals surface area contributed by atoms with Crippen molar-refractivity contribution in [2.75, 3.05) is 41.5 Å². The smallest absolute Gasteiger partial charge is 0.190 e. The Labute approximate surface area is 191 Å². The highest BCUT2D eigenvalue weighted by atomic mass is 127. The predicted octanol–water partition coefficient (Wildman–Crippen LogP) is 3.59. The number of nitrogens with one attached hydrogen (secondary N) is 2. The van der Waals surface area contributed by atoms with Crippen molar-refractivity contribution in [3.8, 4) is 17.2 Å². The summed E-state index contributed by atoms with van der Waals surface area (Å²) >= 11 is 0. The molecule has 0 aromatic heterocycles. The minimum atomic E-state index is 0. The van der Waals surface area contributed by atoms with Gasteiger partial charge >= 0.3 is 0 Å². The van der Waals surface area contributed by atoms with Crippen LogP contribution in [0.2, 0.25) is 0 Å². The van der Waals surface area contributed by atoms with Crippen molar-refractivity contribution in [2.45, 2.75) is 19.8 Å². The van der Waals surface area contributed by atoms with Crippen LogP contribution in [0.5, 0.6) is 17.2 Å². The molecule has 160 valence electrons. The number of benzene rings is 2. The molecule has 7 heteroatoms. The molecule has 29 heavy (non-hydrogen) atoms. The van der Waals surface area contributed by atoms with Gasteiger partial charge in [-0.05, 0) is 54.7 Å². The maximum absolute atomic E-state index is 5.39. The van der Waals surface area contributed by atoms with Crippen molar-refractivity contribution in [1.82, 2.24) is 10.6 Å². The largest absolute Gasteiger partial charge is 0.496 e. The molecule has 0 heterocycles. The van der Waals surface area contributed by atoms with Crippen molar-refractivity contribution in [3.05, 3.63) is 53.1 Å². The fraction of sp³-hybridized carbons (Fsp3) is 0.409. The molecule has 0 aliphatic heterocycles. The average Bonchev–Trinajstić information content (AvgIpc) is 2.73. The van der Waals surface area contributed by atoms with Gasteiger partial charge in [-0.3, -0.25) is 4.99 Å². The van der Waals surface area contributed by atoms with Crippen LogP contribution in [-0.2, 0) is 12.8 Å². The zero-order chi connectivity index (χ0) is 20.4. The van der Waals surface area contributed by atoms with Gasteiger partial charge in [0.25, 0.3) is 0 Å². The molecular formula is C22H32IN3O3. The fourth-order valence-electron chi connectivity index (χ4n) is 2.93. The lowest BCUT2D eigenvalue weighted by Crippen LogP contribution is -2.39. The van der Waals surface area contributed by atoms with Crippen LogP contribution >= 0.6 is 24.0 Å². The highest BCUT2D eigenvalue weighted by Crippen LogP contribution is 2.27. The summed E-state index contributed by atoms with van der Waals surface area (Å²) in [6, 6.07) is 12.3. The zero-order valence-corrected chi connectivity index (χ0v) is 20.2. The second kappa shape index (κ2) is 13.1. The van der Waals surface area contributed by atoms with Gasteiger partial charge in [0.05, 0.1) is 21.3 Å². The minimum Gasteiger partial charge on any atom is -0.496 e. The number of hydrogen-bond acceptors (Lipinski definition) is 4. The maximum atomic E-state index is 5.39. The molecule has 0 amide bonds. The monoisotopic (exact) mass is 513 g/mol. The van der Waals surface area contributed by atoms with Gasteiger partial charge in [0.15, 0.2) is 17.5 Å². The Kier molecular flexibility index (Phi) is 11.3. The lowest BCUT2D eigenvalue weighted by molar-refractivity contribution is 0.354. The molecule has 6 nitrogen and oxygen atoms in total. The molecule has 2 rings (SSSR count). The van der Waals surface area contributed by atoms with Crippen molar-refractivity contribution >= 4 is 29.9 Å². The predicted molar refractivity (Wildman–Crippen MR) is 129 cm³/mol. The van der Waals surface area contributed by atoms with E-state index in [4.69, 9.17) is 14.2 Å². The van der Waals surface area contributed by atoms with Gasteiger partial charge in [0.1, 0.15) is 5.75 Å². The van der Waals surface area contributed by atoms with Gasteiger partial charge < -0.3 is 24.8 Å². The van der Waals surface area contributed by atoms with Crippen molar-refractivity contribution in [1.29, 1.82) is 0 Å². The lowest BCUT2D eigenvalue weighted by Gasteiger charge is -2.13. The first kappa shape index (κ1) is 24.9. The first-order valence-corrected chi connectivity index (χ1v) is 9.40. The fourth-order valence-corrected chi connectivity index (χ4v) is 2.93. The average molecular weight is 513 g/mol. The summed E-state index contributed by atoms with van der Waals surface area (Å²) in [7, 11) is 6.77. The quantitative estimate of drug-likeness (QED) is 0.305. The van der Waals surface area contributed by atoms with Crippen molar-refractivity contribution < 1.29 is 14.2 Å². The molecule has 0 radical (unpaired) electrons. The second-order valence-electron chi connectivity index (χ2n) is 6.42. The summed E-state index contributed by atoms with van der Waals surface area (Å²) in [4.78, 5) is 4.28. The Bertz CT molecular complexity index is 797. The van der Waals surface area contributed by atoms with Gasteiger partial charge in [-0.15, -0.1) is 24.0 Å². The van der Waals surface area contributed by atoms with Gasteiger partial charge in [-0.25, -0.2) is 0 Å². The van der Waals surface area contributed by atoms with Crippen LogP contribution in [0.15, 0.2) is 41.4 Å². The standard InChI is InChI=1S/C22H31N3O3.HI/c1-16-6-7-17(14-20(16)27-4)10-12-24-22(23-2)25-13-11-18-8-9-19(26-3)21(15-18)28-5;/h6-9,14-15H,10-13H2,1-5H3,(H2,23,24,25);1H. The third-order valence-electron chi connectivity index (χ3n) is 4.56. The number of aliphatic imine (C=N–C) groups is 1. The number of ether oxygens (including phenoxy) is 3. The number of rotatable bonds is 9. The van der Waals surface area contributed by atoms with E-state index >= 15 is 0 Å². The topological polar surface area (TPSA) is 64.1 Å². The summed E-state index contributed by atoms with van der Waals surface area (Å²) < 4.78 is 16.0. The van der Waals surface area contributed by atoms with Crippen LogP contribution in [-0.4, -0.2) is 47.4 Å². The summed E-state index contributed by atoms with van der Waals surface area (Å²) in [5.74, 6) is 3.20. The van der Waals surface area contributed by atoms with E-state index in [0.29, 0.717) is 0 Å². The molecule has 0 bridgehead atoms. The molecule has 0 saturated carbocycles. The molecule has 2 aromatic carbocycles. The molecule has 2 aromatic rings.